The number of nitrogens with one attached hydrogen (secondary N) is 1. The van der Waals surface area contributed by atoms with Gasteiger partial charge in [-0.15, -0.1) is 0 Å². The van der Waals surface area contributed by atoms with E-state index in [0.29, 0.717) is 22.4 Å². The third-order valence-corrected chi connectivity index (χ3v) is 9.37. The normalized spacial score (nSPS) is 13.2. The molecule has 1 N–H and O–H groups in total. The highest BCUT2D eigenvalue weighted by Crippen LogP contribution is 2.38. The van der Waals surface area contributed by atoms with Gasteiger partial charge in [0, 0.05) is 12.6 Å². The molecule has 12 heteroatoms. The predicted molar refractivity (Wildman–Crippen MR) is 166 cm³/mol. The van der Waals surface area contributed by atoms with E-state index in [2.05, 4.69) is 5.32 Å². The van der Waals surface area contributed by atoms with Crippen molar-refractivity contribution in [2.75, 3.05) is 10.8 Å². The quantitative estimate of drug-likeness (QED) is 0.231. The summed E-state index contributed by atoms with van der Waals surface area (Å²) in [6, 6.07) is 14.6. The van der Waals surface area contributed by atoms with Crippen LogP contribution in [0.4, 0.5) is 18.9 Å². The van der Waals surface area contributed by atoms with Gasteiger partial charge in [-0.1, -0.05) is 73.0 Å². The zero-order valence-corrected chi connectivity index (χ0v) is 26.9. The van der Waals surface area contributed by atoms with Crippen molar-refractivity contribution in [3.8, 4) is 0 Å². The average molecular weight is 652 g/mol. The Morgan fingerprint density at radius 2 is 1.59 bits per heavy atom. The first-order chi connectivity index (χ1) is 20.6. The van der Waals surface area contributed by atoms with E-state index < -0.39 is 56.9 Å². The molecule has 0 unspecified atom stereocenters. The van der Waals surface area contributed by atoms with E-state index in [1.165, 1.54) is 17.0 Å². The van der Waals surface area contributed by atoms with Crippen molar-refractivity contribution in [1.29, 1.82) is 0 Å². The molecule has 0 aliphatic carbocycles. The van der Waals surface area contributed by atoms with Gasteiger partial charge in [-0.25, -0.2) is 8.42 Å². The fourth-order valence-electron chi connectivity index (χ4n) is 4.62. The first-order valence-electron chi connectivity index (χ1n) is 14.2. The van der Waals surface area contributed by atoms with Crippen molar-refractivity contribution >= 4 is 39.1 Å². The SMILES string of the molecule is CC[C@H](C)NC(=O)[C@H](CC)N(Cc1cccc(C)c1)C(=O)CN(c1ccc(Cl)c(C(F)(F)F)c1)S(=O)(=O)c1ccc(C)cc1. The molecule has 0 aromatic heterocycles. The summed E-state index contributed by atoms with van der Waals surface area (Å²) < 4.78 is 70.0. The Kier molecular flexibility index (Phi) is 11.5. The third-order valence-electron chi connectivity index (χ3n) is 7.25. The Bertz CT molecular complexity index is 1580. The van der Waals surface area contributed by atoms with Crippen LogP contribution in [0.1, 0.15) is 55.9 Å². The molecule has 3 rings (SSSR count). The molecular weight excluding hydrogens is 615 g/mol. The zero-order chi connectivity index (χ0) is 32.8. The lowest BCUT2D eigenvalue weighted by atomic mass is 10.1. The number of nitrogens with zero attached hydrogens (tertiary/aromatic N) is 2. The highest BCUT2D eigenvalue weighted by molar-refractivity contribution is 7.92. The minimum atomic E-state index is -4.88. The van der Waals surface area contributed by atoms with Gasteiger partial charge in [-0.3, -0.25) is 13.9 Å². The maximum atomic E-state index is 14.1. The van der Waals surface area contributed by atoms with E-state index >= 15 is 0 Å². The Balaban J connectivity index is 2.15. The lowest BCUT2D eigenvalue weighted by molar-refractivity contribution is -0.140. The molecule has 0 saturated carbocycles. The van der Waals surface area contributed by atoms with Gasteiger partial charge in [0.25, 0.3) is 10.0 Å². The van der Waals surface area contributed by atoms with E-state index in [1.54, 1.807) is 38.1 Å². The van der Waals surface area contributed by atoms with Crippen molar-refractivity contribution in [1.82, 2.24) is 10.2 Å². The van der Waals surface area contributed by atoms with Crippen LogP contribution in [-0.4, -0.2) is 43.8 Å². The Morgan fingerprint density at radius 1 is 0.932 bits per heavy atom. The second-order valence-electron chi connectivity index (χ2n) is 10.7. The standard InChI is InChI=1S/C32H37ClF3N3O4S/c1-6-23(5)37-31(41)29(7-2)38(19-24-10-8-9-22(4)17-24)30(40)20-39(44(42,43)26-14-11-21(3)12-15-26)25-13-16-28(33)27(18-25)32(34,35)36/h8-18,23,29H,6-7,19-20H2,1-5H3,(H,37,41)/t23-,29-/m0/s1. The Hall–Kier alpha value is -3.57. The first-order valence-corrected chi connectivity index (χ1v) is 16.0. The molecular formula is C32H37ClF3N3O4S. The number of aryl methyl sites for hydroxylation is 2. The van der Waals surface area contributed by atoms with Crippen molar-refractivity contribution in [3.05, 3.63) is 94.0 Å². The number of anilines is 1. The molecule has 7 nitrogen and oxygen atoms in total. The molecule has 0 bridgehead atoms. The summed E-state index contributed by atoms with van der Waals surface area (Å²) >= 11 is 5.83. The number of rotatable bonds is 12. The van der Waals surface area contributed by atoms with E-state index in [-0.39, 0.29) is 23.9 Å². The summed E-state index contributed by atoms with van der Waals surface area (Å²) in [4.78, 5) is 28.6. The molecule has 3 aromatic rings. The molecule has 0 aliphatic heterocycles. The van der Waals surface area contributed by atoms with Crippen LogP contribution in [0, 0.1) is 13.8 Å². The maximum Gasteiger partial charge on any atom is 0.417 e. The van der Waals surface area contributed by atoms with Crippen LogP contribution in [-0.2, 0) is 32.3 Å². The van der Waals surface area contributed by atoms with Gasteiger partial charge in [0.15, 0.2) is 0 Å². The highest BCUT2D eigenvalue weighted by Gasteiger charge is 2.37. The molecule has 2 atom stereocenters. The topological polar surface area (TPSA) is 86.8 Å². The monoisotopic (exact) mass is 651 g/mol. The van der Waals surface area contributed by atoms with Crippen LogP contribution >= 0.6 is 11.6 Å². The van der Waals surface area contributed by atoms with Gasteiger partial charge >= 0.3 is 6.18 Å². The van der Waals surface area contributed by atoms with Crippen LogP contribution < -0.4 is 9.62 Å². The van der Waals surface area contributed by atoms with E-state index in [0.717, 1.165) is 23.3 Å². The minimum Gasteiger partial charge on any atom is -0.352 e. The minimum absolute atomic E-state index is 0.0280. The predicted octanol–water partition coefficient (Wildman–Crippen LogP) is 6.89. The molecule has 3 aromatic carbocycles. The van der Waals surface area contributed by atoms with E-state index in [9.17, 15) is 31.2 Å². The fourth-order valence-corrected chi connectivity index (χ4v) is 6.25. The van der Waals surface area contributed by atoms with Crippen LogP contribution in [0.15, 0.2) is 71.6 Å². The molecule has 0 saturated heterocycles. The number of hydrogen-bond donors (Lipinski definition) is 1. The number of hydrogen-bond acceptors (Lipinski definition) is 4. The molecule has 2 amide bonds. The number of halogens is 4. The number of benzene rings is 3. The van der Waals surface area contributed by atoms with Crippen molar-refractivity contribution in [3.63, 3.8) is 0 Å². The average Bonchev–Trinajstić information content (AvgIpc) is 2.95. The van der Waals surface area contributed by atoms with Crippen LogP contribution in [0.3, 0.4) is 0 Å². The molecule has 0 radical (unpaired) electrons. The van der Waals surface area contributed by atoms with Crippen molar-refractivity contribution in [2.24, 2.45) is 0 Å². The van der Waals surface area contributed by atoms with Gasteiger partial charge in [-0.2, -0.15) is 13.2 Å². The zero-order valence-electron chi connectivity index (χ0n) is 25.3. The van der Waals surface area contributed by atoms with E-state index in [1.807, 2.05) is 32.9 Å². The maximum absolute atomic E-state index is 14.1. The number of sulfonamides is 1. The molecule has 0 spiro atoms. The fraction of sp³-hybridized carbons (Fsp3) is 0.375. The summed E-state index contributed by atoms with van der Waals surface area (Å²) in [6.45, 7) is 8.19. The van der Waals surface area contributed by atoms with Gasteiger partial charge < -0.3 is 10.2 Å². The molecule has 0 fully saturated rings. The first kappa shape index (κ1) is 34.9. The van der Waals surface area contributed by atoms with E-state index in [4.69, 9.17) is 11.6 Å². The van der Waals surface area contributed by atoms with Gasteiger partial charge in [-0.05, 0) is 69.5 Å². The smallest absolute Gasteiger partial charge is 0.352 e. The second-order valence-corrected chi connectivity index (χ2v) is 13.0. The molecule has 0 heterocycles. The van der Waals surface area contributed by atoms with Crippen molar-refractivity contribution < 1.29 is 31.2 Å². The summed E-state index contributed by atoms with van der Waals surface area (Å²) in [5.41, 5.74) is 0.732. The molecule has 0 aliphatic rings. The lowest BCUT2D eigenvalue weighted by Gasteiger charge is -2.34. The number of carbonyl (C=O) groups excluding carboxylic acids is 2. The van der Waals surface area contributed by atoms with Gasteiger partial charge in [0.2, 0.25) is 11.8 Å². The summed E-state index contributed by atoms with van der Waals surface area (Å²) in [5.74, 6) is -1.18. The molecule has 44 heavy (non-hydrogen) atoms. The summed E-state index contributed by atoms with van der Waals surface area (Å²) in [5, 5.41) is 2.27. The van der Waals surface area contributed by atoms with Crippen LogP contribution in [0.5, 0.6) is 0 Å². The highest BCUT2D eigenvalue weighted by atomic mass is 35.5. The number of amides is 2. The summed E-state index contributed by atoms with van der Waals surface area (Å²) in [7, 11) is -4.55. The number of carbonyl (C=O) groups is 2. The largest absolute Gasteiger partial charge is 0.417 e. The third kappa shape index (κ3) is 8.53. The van der Waals surface area contributed by atoms with Crippen LogP contribution in [0.2, 0.25) is 5.02 Å². The van der Waals surface area contributed by atoms with Crippen molar-refractivity contribution in [2.45, 2.75) is 77.2 Å². The van der Waals surface area contributed by atoms with Gasteiger partial charge in [0.05, 0.1) is 21.2 Å². The Labute approximate surface area is 262 Å². The lowest BCUT2D eigenvalue weighted by Crippen LogP contribution is -2.53. The number of alkyl halides is 3. The summed E-state index contributed by atoms with van der Waals surface area (Å²) in [6.07, 6.45) is -4.02. The Morgan fingerprint density at radius 3 is 2.16 bits per heavy atom. The van der Waals surface area contributed by atoms with Crippen LogP contribution in [0.25, 0.3) is 0 Å². The van der Waals surface area contributed by atoms with Gasteiger partial charge in [0.1, 0.15) is 12.6 Å². The second kappa shape index (κ2) is 14.5. The molecule has 238 valence electrons.